The molecule has 0 unspecified atom stereocenters. The van der Waals surface area contributed by atoms with Gasteiger partial charge in [0.25, 0.3) is 5.56 Å². The Morgan fingerprint density at radius 1 is 1.06 bits per heavy atom. The second kappa shape index (κ2) is 3.73. The van der Waals surface area contributed by atoms with Crippen LogP contribution in [0.3, 0.4) is 0 Å². The zero-order valence-electron chi connectivity index (χ0n) is 9.75. The monoisotopic (exact) mass is 241 g/mol. The van der Waals surface area contributed by atoms with E-state index in [2.05, 4.69) is 4.98 Å². The van der Waals surface area contributed by atoms with Crippen molar-refractivity contribution in [2.45, 2.75) is 0 Å². The molecule has 0 atom stereocenters. The SMILES string of the molecule is Cn1ccc2ccc(-n3ccc(=O)[nH]c3=O)cc21. The van der Waals surface area contributed by atoms with Gasteiger partial charge in [0.1, 0.15) is 0 Å². The molecule has 90 valence electrons. The fourth-order valence-electron chi connectivity index (χ4n) is 2.02. The van der Waals surface area contributed by atoms with Crippen LogP contribution < -0.4 is 11.2 Å². The Kier molecular flexibility index (Phi) is 2.19. The van der Waals surface area contributed by atoms with Crippen LogP contribution in [0.2, 0.25) is 0 Å². The lowest BCUT2D eigenvalue weighted by Crippen LogP contribution is -2.27. The van der Waals surface area contributed by atoms with E-state index in [1.165, 1.54) is 16.8 Å². The molecule has 0 bridgehead atoms. The van der Waals surface area contributed by atoms with Crippen LogP contribution in [0.5, 0.6) is 0 Å². The van der Waals surface area contributed by atoms with Crippen LogP contribution in [0.1, 0.15) is 0 Å². The molecule has 0 amide bonds. The minimum Gasteiger partial charge on any atom is -0.350 e. The Hall–Kier alpha value is -2.56. The van der Waals surface area contributed by atoms with E-state index in [4.69, 9.17) is 0 Å². The molecular formula is C13H11N3O2. The fraction of sp³-hybridized carbons (Fsp3) is 0.0769. The molecule has 0 aliphatic heterocycles. The first-order valence-corrected chi connectivity index (χ1v) is 5.52. The summed E-state index contributed by atoms with van der Waals surface area (Å²) >= 11 is 0. The summed E-state index contributed by atoms with van der Waals surface area (Å²) in [5, 5.41) is 1.11. The first-order valence-electron chi connectivity index (χ1n) is 5.52. The largest absolute Gasteiger partial charge is 0.350 e. The van der Waals surface area contributed by atoms with Crippen LogP contribution in [-0.2, 0) is 7.05 Å². The Labute approximate surface area is 102 Å². The topological polar surface area (TPSA) is 59.8 Å². The van der Waals surface area contributed by atoms with Crippen molar-refractivity contribution < 1.29 is 0 Å². The van der Waals surface area contributed by atoms with Crippen LogP contribution in [0.25, 0.3) is 16.6 Å². The van der Waals surface area contributed by atoms with Gasteiger partial charge in [-0.2, -0.15) is 0 Å². The van der Waals surface area contributed by atoms with Gasteiger partial charge >= 0.3 is 5.69 Å². The van der Waals surface area contributed by atoms with Gasteiger partial charge in [-0.3, -0.25) is 14.3 Å². The third kappa shape index (κ3) is 1.57. The average molecular weight is 241 g/mol. The Bertz CT molecular complexity index is 839. The van der Waals surface area contributed by atoms with Gasteiger partial charge in [-0.05, 0) is 23.6 Å². The van der Waals surface area contributed by atoms with Crippen molar-refractivity contribution in [1.29, 1.82) is 0 Å². The molecule has 0 radical (unpaired) electrons. The molecule has 0 aliphatic rings. The van der Waals surface area contributed by atoms with E-state index in [9.17, 15) is 9.59 Å². The van der Waals surface area contributed by atoms with E-state index in [1.54, 1.807) is 0 Å². The maximum Gasteiger partial charge on any atom is 0.332 e. The first-order chi connectivity index (χ1) is 8.65. The molecule has 2 aromatic heterocycles. The van der Waals surface area contributed by atoms with E-state index in [0.29, 0.717) is 0 Å². The molecule has 5 heteroatoms. The number of aromatic amines is 1. The van der Waals surface area contributed by atoms with E-state index < -0.39 is 11.2 Å². The van der Waals surface area contributed by atoms with Gasteiger partial charge in [0, 0.05) is 31.0 Å². The number of hydrogen-bond acceptors (Lipinski definition) is 2. The minimum atomic E-state index is -0.434. The van der Waals surface area contributed by atoms with Crippen molar-refractivity contribution in [3.63, 3.8) is 0 Å². The summed E-state index contributed by atoms with van der Waals surface area (Å²) in [6.45, 7) is 0. The van der Waals surface area contributed by atoms with Crippen molar-refractivity contribution in [2.75, 3.05) is 0 Å². The molecule has 5 nitrogen and oxygen atoms in total. The molecule has 0 saturated heterocycles. The Morgan fingerprint density at radius 2 is 1.89 bits per heavy atom. The highest BCUT2D eigenvalue weighted by molar-refractivity contribution is 5.82. The molecule has 1 aromatic carbocycles. The number of rotatable bonds is 1. The van der Waals surface area contributed by atoms with Crippen LogP contribution in [-0.4, -0.2) is 14.1 Å². The molecule has 0 saturated carbocycles. The number of hydrogen-bond donors (Lipinski definition) is 1. The zero-order chi connectivity index (χ0) is 12.7. The van der Waals surface area contributed by atoms with Crippen LogP contribution in [0.4, 0.5) is 0 Å². The predicted molar refractivity (Wildman–Crippen MR) is 69.1 cm³/mol. The van der Waals surface area contributed by atoms with Gasteiger partial charge in [0.2, 0.25) is 0 Å². The predicted octanol–water partition coefficient (Wildman–Crippen LogP) is 1.02. The van der Waals surface area contributed by atoms with Crippen molar-refractivity contribution >= 4 is 10.9 Å². The molecule has 3 rings (SSSR count). The lowest BCUT2D eigenvalue weighted by molar-refractivity contribution is 0.894. The van der Waals surface area contributed by atoms with Crippen molar-refractivity contribution in [3.8, 4) is 5.69 Å². The summed E-state index contributed by atoms with van der Waals surface area (Å²) in [6.07, 6.45) is 3.44. The maximum atomic E-state index is 11.7. The number of nitrogens with one attached hydrogen (secondary N) is 1. The lowest BCUT2D eigenvalue weighted by atomic mass is 10.2. The Morgan fingerprint density at radius 3 is 2.67 bits per heavy atom. The summed E-state index contributed by atoms with van der Waals surface area (Å²) in [4.78, 5) is 25.0. The summed E-state index contributed by atoms with van der Waals surface area (Å²) in [6, 6.07) is 9.05. The summed E-state index contributed by atoms with van der Waals surface area (Å²) in [5.41, 5.74) is 0.934. The molecule has 0 spiro atoms. The second-order valence-corrected chi connectivity index (χ2v) is 4.15. The summed E-state index contributed by atoms with van der Waals surface area (Å²) in [7, 11) is 1.95. The quantitative estimate of drug-likeness (QED) is 0.691. The number of H-pyrrole nitrogens is 1. The third-order valence-electron chi connectivity index (χ3n) is 2.97. The number of nitrogens with zero attached hydrogens (tertiary/aromatic N) is 2. The van der Waals surface area contributed by atoms with Crippen LogP contribution in [0, 0.1) is 0 Å². The third-order valence-corrected chi connectivity index (χ3v) is 2.97. The maximum absolute atomic E-state index is 11.7. The molecule has 2 heterocycles. The highest BCUT2D eigenvalue weighted by atomic mass is 16.2. The van der Waals surface area contributed by atoms with Gasteiger partial charge in [-0.15, -0.1) is 0 Å². The molecule has 18 heavy (non-hydrogen) atoms. The highest BCUT2D eigenvalue weighted by Crippen LogP contribution is 2.17. The number of fused-ring (bicyclic) bond motifs is 1. The van der Waals surface area contributed by atoms with Gasteiger partial charge in [-0.25, -0.2) is 4.79 Å². The fourth-order valence-corrected chi connectivity index (χ4v) is 2.02. The molecule has 1 N–H and O–H groups in total. The second-order valence-electron chi connectivity index (χ2n) is 4.15. The minimum absolute atomic E-state index is 0.392. The zero-order valence-corrected chi connectivity index (χ0v) is 9.75. The number of aryl methyl sites for hydroxylation is 1. The van der Waals surface area contributed by atoms with Gasteiger partial charge < -0.3 is 4.57 Å². The van der Waals surface area contributed by atoms with E-state index >= 15 is 0 Å². The summed E-state index contributed by atoms with van der Waals surface area (Å²) < 4.78 is 3.39. The highest BCUT2D eigenvalue weighted by Gasteiger charge is 2.03. The Balaban J connectivity index is 2.28. The lowest BCUT2D eigenvalue weighted by Gasteiger charge is -2.05. The smallest absolute Gasteiger partial charge is 0.332 e. The van der Waals surface area contributed by atoms with Crippen molar-refractivity contribution in [2.24, 2.45) is 7.05 Å². The molecule has 3 aromatic rings. The first kappa shape index (κ1) is 10.6. The molecule has 0 aliphatic carbocycles. The number of benzene rings is 1. The molecule has 0 fully saturated rings. The van der Waals surface area contributed by atoms with Crippen LogP contribution >= 0.6 is 0 Å². The van der Waals surface area contributed by atoms with Gasteiger partial charge in [0.05, 0.1) is 5.69 Å². The number of aromatic nitrogens is 3. The van der Waals surface area contributed by atoms with Crippen molar-refractivity contribution in [1.82, 2.24) is 14.1 Å². The van der Waals surface area contributed by atoms with E-state index in [1.807, 2.05) is 42.1 Å². The van der Waals surface area contributed by atoms with Crippen molar-refractivity contribution in [3.05, 3.63) is 63.6 Å². The van der Waals surface area contributed by atoms with Crippen LogP contribution in [0.15, 0.2) is 52.3 Å². The van der Waals surface area contributed by atoms with E-state index in [0.717, 1.165) is 16.6 Å². The average Bonchev–Trinajstić information content (AvgIpc) is 2.71. The standard InChI is InChI=1S/C13H11N3O2/c1-15-6-4-9-2-3-10(8-11(9)15)16-7-5-12(17)14-13(16)18/h2-8H,1H3,(H,14,17,18). The van der Waals surface area contributed by atoms with E-state index in [-0.39, 0.29) is 0 Å². The van der Waals surface area contributed by atoms with Gasteiger partial charge in [-0.1, -0.05) is 6.07 Å². The normalized spacial score (nSPS) is 10.9. The van der Waals surface area contributed by atoms with Gasteiger partial charge in [0.15, 0.2) is 0 Å². The molecular weight excluding hydrogens is 230 g/mol. The summed E-state index contributed by atoms with van der Waals surface area (Å²) in [5.74, 6) is 0.